The third-order valence-corrected chi connectivity index (χ3v) is 7.18. The molecule has 0 N–H and O–H groups in total. The fourth-order valence-electron chi connectivity index (χ4n) is 5.10. The number of ether oxygens (including phenoxy) is 3. The molecule has 3 nitrogen and oxygen atoms in total. The van der Waals surface area contributed by atoms with Gasteiger partial charge in [0.2, 0.25) is 34.8 Å². The van der Waals surface area contributed by atoms with Crippen molar-refractivity contribution < 1.29 is 31.8 Å². The minimum absolute atomic E-state index is 0.0212. The Balaban J connectivity index is 1.67. The first kappa shape index (κ1) is 30.9. The molecular formula is C35H36F4O3. The Morgan fingerprint density at radius 3 is 1.10 bits per heavy atom. The fraction of sp³-hybridized carbons (Fsp3) is 0.314. The van der Waals surface area contributed by atoms with E-state index in [1.54, 1.807) is 52.0 Å². The molecule has 4 rings (SSSR count). The molecule has 0 amide bonds. The predicted octanol–water partition coefficient (Wildman–Crippen LogP) is 11.1. The highest BCUT2D eigenvalue weighted by Crippen LogP contribution is 2.43. The largest absolute Gasteiger partial charge is 0.457 e. The monoisotopic (exact) mass is 580 g/mol. The zero-order valence-electron chi connectivity index (χ0n) is 25.7. The van der Waals surface area contributed by atoms with Crippen LogP contribution in [0, 0.1) is 71.7 Å². The molecule has 222 valence electrons. The van der Waals surface area contributed by atoms with Crippen LogP contribution in [-0.2, 0) is 5.41 Å². The molecule has 0 atom stereocenters. The van der Waals surface area contributed by atoms with Gasteiger partial charge in [0.1, 0.15) is 23.0 Å². The summed E-state index contributed by atoms with van der Waals surface area (Å²) in [6, 6.07) is 10.9. The SMILES string of the molecule is Cc1cc(C)c(Oc2c(F)c(F)c(Oc3c(C)cc(Oc4c(C)cc(C(C)(C)C)cc4C)cc3C)c(F)c2F)c(C)c1. The molecule has 0 radical (unpaired) electrons. The fourth-order valence-corrected chi connectivity index (χ4v) is 5.10. The molecule has 4 aromatic carbocycles. The maximum atomic E-state index is 15.2. The van der Waals surface area contributed by atoms with Crippen LogP contribution in [0.25, 0.3) is 0 Å². The molecule has 0 bridgehead atoms. The Bertz CT molecular complexity index is 1600. The first-order chi connectivity index (χ1) is 19.5. The van der Waals surface area contributed by atoms with Gasteiger partial charge in [0, 0.05) is 0 Å². The highest BCUT2D eigenvalue weighted by atomic mass is 19.2. The van der Waals surface area contributed by atoms with Crippen molar-refractivity contribution >= 4 is 0 Å². The Kier molecular flexibility index (Phi) is 8.36. The minimum Gasteiger partial charge on any atom is -0.457 e. The van der Waals surface area contributed by atoms with Crippen molar-refractivity contribution in [2.24, 2.45) is 0 Å². The third kappa shape index (κ3) is 5.96. The van der Waals surface area contributed by atoms with Gasteiger partial charge in [0.25, 0.3) is 0 Å². The standard InChI is InChI=1S/C35H36F4O3/c1-17-11-18(2)31(19(3)12-17)41-33-26(36)28(38)34(29(39)27(33)37)42-32-22(6)15-25(16-23(32)7)40-30-20(4)13-24(14-21(30)5)35(8,9)10/h11-16H,1-10H3. The van der Waals surface area contributed by atoms with E-state index in [9.17, 15) is 0 Å². The van der Waals surface area contributed by atoms with Gasteiger partial charge < -0.3 is 14.2 Å². The summed E-state index contributed by atoms with van der Waals surface area (Å²) in [6.45, 7) is 18.9. The summed E-state index contributed by atoms with van der Waals surface area (Å²) >= 11 is 0. The lowest BCUT2D eigenvalue weighted by molar-refractivity contribution is 0.328. The van der Waals surface area contributed by atoms with Crippen LogP contribution < -0.4 is 14.2 Å². The molecule has 0 heterocycles. The summed E-state index contributed by atoms with van der Waals surface area (Å²) in [5, 5.41) is 0. The van der Waals surface area contributed by atoms with Gasteiger partial charge in [-0.15, -0.1) is 0 Å². The van der Waals surface area contributed by atoms with E-state index >= 15 is 17.6 Å². The molecular weight excluding hydrogens is 544 g/mol. The molecule has 0 saturated carbocycles. The van der Waals surface area contributed by atoms with Crippen LogP contribution in [0.4, 0.5) is 17.6 Å². The van der Waals surface area contributed by atoms with Crippen molar-refractivity contribution in [3.8, 4) is 34.5 Å². The summed E-state index contributed by atoms with van der Waals surface area (Å²) in [4.78, 5) is 0. The summed E-state index contributed by atoms with van der Waals surface area (Å²) in [5.41, 5.74) is 6.04. The molecule has 0 aromatic heterocycles. The number of aryl methyl sites for hydroxylation is 7. The van der Waals surface area contributed by atoms with Gasteiger partial charge in [-0.05, 0) is 105 Å². The van der Waals surface area contributed by atoms with E-state index in [4.69, 9.17) is 14.2 Å². The minimum atomic E-state index is -1.70. The van der Waals surface area contributed by atoms with E-state index in [2.05, 4.69) is 32.9 Å². The Morgan fingerprint density at radius 2 is 0.738 bits per heavy atom. The molecule has 4 aromatic rings. The van der Waals surface area contributed by atoms with Crippen LogP contribution in [-0.4, -0.2) is 0 Å². The van der Waals surface area contributed by atoms with Gasteiger partial charge >= 0.3 is 0 Å². The topological polar surface area (TPSA) is 27.7 Å². The number of rotatable bonds is 6. The van der Waals surface area contributed by atoms with E-state index < -0.39 is 34.8 Å². The molecule has 7 heteroatoms. The predicted molar refractivity (Wildman–Crippen MR) is 158 cm³/mol. The van der Waals surface area contributed by atoms with E-state index in [1.807, 2.05) is 20.8 Å². The summed E-state index contributed by atoms with van der Waals surface area (Å²) < 4.78 is 77.7. The highest BCUT2D eigenvalue weighted by Gasteiger charge is 2.30. The lowest BCUT2D eigenvalue weighted by Gasteiger charge is -2.22. The first-order valence-corrected chi connectivity index (χ1v) is 13.7. The third-order valence-electron chi connectivity index (χ3n) is 7.18. The first-order valence-electron chi connectivity index (χ1n) is 13.7. The molecule has 0 aliphatic rings. The second-order valence-electron chi connectivity index (χ2n) is 12.0. The average Bonchev–Trinajstić information content (AvgIpc) is 2.87. The molecule has 0 aliphatic heterocycles. The van der Waals surface area contributed by atoms with Gasteiger partial charge in [0.05, 0.1) is 0 Å². The van der Waals surface area contributed by atoms with Crippen molar-refractivity contribution in [1.29, 1.82) is 0 Å². The molecule has 0 aliphatic carbocycles. The molecule has 0 saturated heterocycles. The Morgan fingerprint density at radius 1 is 0.429 bits per heavy atom. The molecule has 42 heavy (non-hydrogen) atoms. The lowest BCUT2D eigenvalue weighted by Crippen LogP contribution is -2.12. The van der Waals surface area contributed by atoms with Crippen LogP contribution >= 0.6 is 0 Å². The summed E-state index contributed by atoms with van der Waals surface area (Å²) in [7, 11) is 0. The quantitative estimate of drug-likeness (QED) is 0.168. The van der Waals surface area contributed by atoms with Crippen molar-refractivity contribution in [3.05, 3.63) is 104 Å². The smallest absolute Gasteiger partial charge is 0.208 e. The molecule has 0 spiro atoms. The summed E-state index contributed by atoms with van der Waals surface area (Å²) in [6.07, 6.45) is 0. The van der Waals surface area contributed by atoms with E-state index in [-0.39, 0.29) is 16.9 Å². The second-order valence-corrected chi connectivity index (χ2v) is 12.0. The maximum absolute atomic E-state index is 15.2. The summed E-state index contributed by atoms with van der Waals surface area (Å²) in [5.74, 6) is -7.80. The van der Waals surface area contributed by atoms with Crippen molar-refractivity contribution in [3.63, 3.8) is 0 Å². The van der Waals surface area contributed by atoms with Crippen molar-refractivity contribution in [2.45, 2.75) is 74.7 Å². The van der Waals surface area contributed by atoms with Gasteiger partial charge in [-0.25, -0.2) is 0 Å². The van der Waals surface area contributed by atoms with Gasteiger partial charge in [-0.2, -0.15) is 17.6 Å². The van der Waals surface area contributed by atoms with Crippen LogP contribution in [0.5, 0.6) is 34.5 Å². The Hall–Kier alpha value is -4.00. The van der Waals surface area contributed by atoms with E-state index in [1.165, 1.54) is 5.56 Å². The maximum Gasteiger partial charge on any atom is 0.208 e. The number of hydrogen-bond donors (Lipinski definition) is 0. The normalized spacial score (nSPS) is 11.6. The van der Waals surface area contributed by atoms with Crippen molar-refractivity contribution in [1.82, 2.24) is 0 Å². The zero-order chi connectivity index (χ0) is 31.3. The Labute approximate surface area is 245 Å². The zero-order valence-corrected chi connectivity index (χ0v) is 25.7. The average molecular weight is 581 g/mol. The molecule has 0 unspecified atom stereocenters. The highest BCUT2D eigenvalue weighted by molar-refractivity contribution is 5.53. The second kappa shape index (κ2) is 11.3. The van der Waals surface area contributed by atoms with Crippen LogP contribution in [0.2, 0.25) is 0 Å². The number of benzene rings is 4. The van der Waals surface area contributed by atoms with Gasteiger partial charge in [0.15, 0.2) is 0 Å². The molecule has 0 fully saturated rings. The van der Waals surface area contributed by atoms with Crippen LogP contribution in [0.1, 0.15) is 65.3 Å². The lowest BCUT2D eigenvalue weighted by atomic mass is 9.85. The van der Waals surface area contributed by atoms with E-state index in [0.29, 0.717) is 33.8 Å². The van der Waals surface area contributed by atoms with Gasteiger partial charge in [-0.3, -0.25) is 0 Å². The number of hydrogen-bond acceptors (Lipinski definition) is 3. The van der Waals surface area contributed by atoms with E-state index in [0.717, 1.165) is 16.7 Å². The van der Waals surface area contributed by atoms with Crippen LogP contribution in [0.3, 0.4) is 0 Å². The van der Waals surface area contributed by atoms with Crippen molar-refractivity contribution in [2.75, 3.05) is 0 Å². The van der Waals surface area contributed by atoms with Gasteiger partial charge in [-0.1, -0.05) is 50.6 Å². The number of halogens is 4. The van der Waals surface area contributed by atoms with Crippen LogP contribution in [0.15, 0.2) is 36.4 Å².